The van der Waals surface area contributed by atoms with Crippen LogP contribution in [0.2, 0.25) is 0 Å². The lowest BCUT2D eigenvalue weighted by Crippen LogP contribution is -2.28. The molecule has 0 bridgehead atoms. The smallest absolute Gasteiger partial charge is 0.179 e. The van der Waals surface area contributed by atoms with Crippen LogP contribution in [0.3, 0.4) is 0 Å². The van der Waals surface area contributed by atoms with Crippen molar-refractivity contribution in [2.24, 2.45) is 0 Å². The van der Waals surface area contributed by atoms with Crippen LogP contribution < -0.4 is 0 Å². The first kappa shape index (κ1) is 23.6. The molecule has 3 aromatic carbocycles. The number of Topliss-reactive ketones (excluding diaryl/α,β-unsaturated/α-hetero) is 1. The van der Waals surface area contributed by atoms with Crippen LogP contribution >= 0.6 is 0 Å². The van der Waals surface area contributed by atoms with Crippen LogP contribution in [0.15, 0.2) is 78.9 Å². The molecule has 180 valence electrons. The fourth-order valence-electron chi connectivity index (χ4n) is 5.38. The first-order chi connectivity index (χ1) is 16.9. The van der Waals surface area contributed by atoms with Crippen LogP contribution in [-0.4, -0.2) is 21.8 Å². The van der Waals surface area contributed by atoms with Gasteiger partial charge in [-0.05, 0) is 52.6 Å². The average Bonchev–Trinajstić information content (AvgIpc) is 3.17. The van der Waals surface area contributed by atoms with Crippen molar-refractivity contribution in [3.05, 3.63) is 107 Å². The molecule has 0 N–H and O–H groups in total. The van der Waals surface area contributed by atoms with E-state index in [4.69, 9.17) is 0 Å². The molecular formula is C32H36N2O. The number of carbonyl (C=O) groups excluding carboxylic acids is 1. The lowest BCUT2D eigenvalue weighted by molar-refractivity contribution is 0.0962. The standard InChI is InChI=1S/C32H36N2O/c1-32(2,3)26-17-18-29-28(21-26)27-15-10-16-30(35)31(27)34(29)20-19-33(22-24-11-6-4-7-12-24)23-25-13-8-5-9-14-25/h4-9,11-14,17-18,21H,10,15-16,19-20,22-23H2,1-3H3. The van der Waals surface area contributed by atoms with Gasteiger partial charge in [-0.25, -0.2) is 0 Å². The third kappa shape index (κ3) is 5.11. The summed E-state index contributed by atoms with van der Waals surface area (Å²) in [5, 5.41) is 1.28. The zero-order valence-corrected chi connectivity index (χ0v) is 21.3. The minimum absolute atomic E-state index is 0.0873. The second-order valence-electron chi connectivity index (χ2n) is 10.9. The molecule has 3 heteroatoms. The van der Waals surface area contributed by atoms with Crippen LogP contribution in [0.25, 0.3) is 10.9 Å². The van der Waals surface area contributed by atoms with Crippen molar-refractivity contribution < 1.29 is 4.79 Å². The summed E-state index contributed by atoms with van der Waals surface area (Å²) in [6.07, 6.45) is 2.61. The maximum atomic E-state index is 13.2. The SMILES string of the molecule is CC(C)(C)c1ccc2c(c1)c1c(n2CCN(Cc2ccccc2)Cc2ccccc2)C(=O)CCC1. The number of ketones is 1. The van der Waals surface area contributed by atoms with Crippen LogP contribution in [0.5, 0.6) is 0 Å². The molecule has 35 heavy (non-hydrogen) atoms. The van der Waals surface area contributed by atoms with E-state index in [1.54, 1.807) is 0 Å². The Morgan fingerprint density at radius 2 is 1.46 bits per heavy atom. The van der Waals surface area contributed by atoms with Gasteiger partial charge >= 0.3 is 0 Å². The Bertz CT molecular complexity index is 1270. The average molecular weight is 465 g/mol. The highest BCUT2D eigenvalue weighted by atomic mass is 16.1. The topological polar surface area (TPSA) is 25.2 Å². The highest BCUT2D eigenvalue weighted by Crippen LogP contribution is 2.35. The van der Waals surface area contributed by atoms with Crippen molar-refractivity contribution >= 4 is 16.7 Å². The van der Waals surface area contributed by atoms with Gasteiger partial charge in [-0.2, -0.15) is 0 Å². The second-order valence-corrected chi connectivity index (χ2v) is 10.9. The molecule has 0 radical (unpaired) electrons. The Hall–Kier alpha value is -3.17. The van der Waals surface area contributed by atoms with E-state index < -0.39 is 0 Å². The van der Waals surface area contributed by atoms with Crippen molar-refractivity contribution in [3.8, 4) is 0 Å². The van der Waals surface area contributed by atoms with E-state index in [1.807, 2.05) is 0 Å². The summed E-state index contributed by atoms with van der Waals surface area (Å²) in [6.45, 7) is 10.2. The number of nitrogens with zero attached hydrogens (tertiary/aromatic N) is 2. The molecule has 0 atom stereocenters. The molecule has 1 aromatic heterocycles. The van der Waals surface area contributed by atoms with E-state index in [2.05, 4.69) is 109 Å². The minimum atomic E-state index is 0.0873. The van der Waals surface area contributed by atoms with E-state index in [1.165, 1.54) is 33.2 Å². The van der Waals surface area contributed by atoms with E-state index in [0.717, 1.165) is 44.7 Å². The summed E-state index contributed by atoms with van der Waals surface area (Å²) in [7, 11) is 0. The lowest BCUT2D eigenvalue weighted by atomic mass is 9.85. The quantitative estimate of drug-likeness (QED) is 0.290. The number of carbonyl (C=O) groups is 1. The Morgan fingerprint density at radius 3 is 2.06 bits per heavy atom. The van der Waals surface area contributed by atoms with Gasteiger partial charge in [0.1, 0.15) is 0 Å². The number of rotatable bonds is 7. The Balaban J connectivity index is 1.49. The molecule has 0 saturated heterocycles. The zero-order chi connectivity index (χ0) is 24.4. The van der Waals surface area contributed by atoms with Gasteiger partial charge in [-0.1, -0.05) is 87.5 Å². The monoisotopic (exact) mass is 464 g/mol. The molecule has 0 spiro atoms. The van der Waals surface area contributed by atoms with Crippen molar-refractivity contribution in [3.63, 3.8) is 0 Å². The Morgan fingerprint density at radius 1 is 0.829 bits per heavy atom. The van der Waals surface area contributed by atoms with Crippen LogP contribution in [0.1, 0.15) is 66.4 Å². The molecule has 0 unspecified atom stereocenters. The summed E-state index contributed by atoms with van der Waals surface area (Å²) >= 11 is 0. The van der Waals surface area contributed by atoms with Gasteiger partial charge in [0, 0.05) is 43.5 Å². The van der Waals surface area contributed by atoms with Gasteiger partial charge in [-0.3, -0.25) is 9.69 Å². The molecule has 1 aliphatic rings. The van der Waals surface area contributed by atoms with Gasteiger partial charge in [0.15, 0.2) is 5.78 Å². The van der Waals surface area contributed by atoms with E-state index in [0.29, 0.717) is 12.2 Å². The van der Waals surface area contributed by atoms with Gasteiger partial charge in [0.2, 0.25) is 0 Å². The van der Waals surface area contributed by atoms with E-state index >= 15 is 0 Å². The molecule has 1 heterocycles. The fraction of sp³-hybridized carbons (Fsp3) is 0.344. The molecule has 0 saturated carbocycles. The van der Waals surface area contributed by atoms with Gasteiger partial charge in [0.25, 0.3) is 0 Å². The van der Waals surface area contributed by atoms with Gasteiger partial charge < -0.3 is 4.57 Å². The number of hydrogen-bond donors (Lipinski definition) is 0. The summed E-state index contributed by atoms with van der Waals surface area (Å²) in [5.74, 6) is 0.303. The molecule has 0 amide bonds. The molecule has 0 fully saturated rings. The van der Waals surface area contributed by atoms with Crippen LogP contribution in [0, 0.1) is 0 Å². The highest BCUT2D eigenvalue weighted by Gasteiger charge is 2.27. The number of aryl methyl sites for hydroxylation is 1. The van der Waals surface area contributed by atoms with Crippen molar-refractivity contribution in [1.29, 1.82) is 0 Å². The predicted molar refractivity (Wildman–Crippen MR) is 145 cm³/mol. The normalized spacial score (nSPS) is 14.0. The number of fused-ring (bicyclic) bond motifs is 3. The summed E-state index contributed by atoms with van der Waals surface area (Å²) in [6, 6.07) is 28.2. The maximum Gasteiger partial charge on any atom is 0.179 e. The van der Waals surface area contributed by atoms with Crippen LogP contribution in [-0.2, 0) is 31.5 Å². The fourth-order valence-corrected chi connectivity index (χ4v) is 5.38. The Labute approximate surface area is 209 Å². The largest absolute Gasteiger partial charge is 0.337 e. The molecule has 3 nitrogen and oxygen atoms in total. The first-order valence-electron chi connectivity index (χ1n) is 12.9. The summed E-state index contributed by atoms with van der Waals surface area (Å²) < 4.78 is 2.32. The van der Waals surface area contributed by atoms with Crippen molar-refractivity contribution in [2.75, 3.05) is 6.54 Å². The molecule has 4 aromatic rings. The third-order valence-electron chi connectivity index (χ3n) is 7.27. The molecule has 5 rings (SSSR count). The first-order valence-corrected chi connectivity index (χ1v) is 12.9. The molecule has 1 aliphatic carbocycles. The number of aromatic nitrogens is 1. The maximum absolute atomic E-state index is 13.2. The molecular weight excluding hydrogens is 428 g/mol. The van der Waals surface area contributed by atoms with E-state index in [-0.39, 0.29) is 5.41 Å². The number of hydrogen-bond acceptors (Lipinski definition) is 2. The minimum Gasteiger partial charge on any atom is -0.337 e. The second kappa shape index (κ2) is 9.83. The summed E-state index contributed by atoms with van der Waals surface area (Å²) in [5.41, 5.74) is 7.47. The van der Waals surface area contributed by atoms with Crippen molar-refractivity contribution in [2.45, 2.75) is 65.1 Å². The summed E-state index contributed by atoms with van der Waals surface area (Å²) in [4.78, 5) is 15.6. The predicted octanol–water partition coefficient (Wildman–Crippen LogP) is 7.16. The van der Waals surface area contributed by atoms with Crippen molar-refractivity contribution in [1.82, 2.24) is 9.47 Å². The third-order valence-corrected chi connectivity index (χ3v) is 7.27. The van der Waals surface area contributed by atoms with Crippen LogP contribution in [0.4, 0.5) is 0 Å². The zero-order valence-electron chi connectivity index (χ0n) is 21.3. The lowest BCUT2D eigenvalue weighted by Gasteiger charge is -2.24. The highest BCUT2D eigenvalue weighted by molar-refractivity contribution is 6.04. The number of benzene rings is 3. The van der Waals surface area contributed by atoms with Gasteiger partial charge in [0.05, 0.1) is 5.69 Å². The molecule has 0 aliphatic heterocycles. The van der Waals surface area contributed by atoms with Gasteiger partial charge in [-0.15, -0.1) is 0 Å². The Kier molecular flexibility index (Phi) is 6.62. The van der Waals surface area contributed by atoms with E-state index in [9.17, 15) is 4.79 Å².